The molecular weight excluding hydrogens is 336 g/mol. The predicted molar refractivity (Wildman–Crippen MR) is 83.1 cm³/mol. The maximum absolute atomic E-state index is 11.0. The second kappa shape index (κ2) is 6.83. The normalized spacial score (nSPS) is 10.2. The molecule has 1 heterocycles. The SMILES string of the molecule is Cc1nc(C)c(OC(=O)O)c(-c2cccc([N+](=O)[O-])c2)c1OC(=O)O. The number of carboxylic acid groups (broad SMARTS) is 2. The van der Waals surface area contributed by atoms with E-state index in [0.717, 1.165) is 6.07 Å². The van der Waals surface area contributed by atoms with Crippen LogP contribution in [0.5, 0.6) is 11.5 Å². The summed E-state index contributed by atoms with van der Waals surface area (Å²) in [5.41, 5.74) is 0.124. The molecule has 0 unspecified atom stereocenters. The molecule has 0 aliphatic heterocycles. The molecule has 25 heavy (non-hydrogen) atoms. The van der Waals surface area contributed by atoms with Gasteiger partial charge in [-0.2, -0.15) is 0 Å². The molecule has 0 amide bonds. The fourth-order valence-corrected chi connectivity index (χ4v) is 2.28. The van der Waals surface area contributed by atoms with E-state index in [4.69, 9.17) is 19.7 Å². The first kappa shape index (κ1) is 17.7. The first-order valence-corrected chi connectivity index (χ1v) is 6.78. The van der Waals surface area contributed by atoms with Crippen molar-refractivity contribution in [2.45, 2.75) is 13.8 Å². The smallest absolute Gasteiger partial charge is 0.449 e. The Labute approximate surface area is 140 Å². The molecule has 2 N–H and O–H groups in total. The minimum Gasteiger partial charge on any atom is -0.449 e. The maximum atomic E-state index is 11.0. The molecule has 0 atom stereocenters. The van der Waals surface area contributed by atoms with E-state index in [9.17, 15) is 19.7 Å². The predicted octanol–water partition coefficient (Wildman–Crippen LogP) is 3.39. The van der Waals surface area contributed by atoms with E-state index in [1.165, 1.54) is 32.0 Å². The molecule has 2 rings (SSSR count). The zero-order chi connectivity index (χ0) is 18.7. The van der Waals surface area contributed by atoms with E-state index in [2.05, 4.69) is 4.98 Å². The molecular formula is C15H12N2O8. The van der Waals surface area contributed by atoms with Gasteiger partial charge in [-0.3, -0.25) is 15.1 Å². The Hall–Kier alpha value is -3.69. The first-order valence-electron chi connectivity index (χ1n) is 6.78. The lowest BCUT2D eigenvalue weighted by Crippen LogP contribution is -2.11. The highest BCUT2D eigenvalue weighted by Crippen LogP contribution is 2.42. The number of rotatable bonds is 4. The van der Waals surface area contributed by atoms with Crippen molar-refractivity contribution in [1.29, 1.82) is 0 Å². The number of hydrogen-bond acceptors (Lipinski definition) is 7. The summed E-state index contributed by atoms with van der Waals surface area (Å²) in [5.74, 6) is -0.537. The Bertz CT molecular complexity index is 838. The number of nitro benzene ring substituents is 1. The standard InChI is InChI=1S/C15H12N2O8/c1-7-12(24-14(18)19)11(13(8(2)16-7)25-15(20)21)9-4-3-5-10(6-9)17(22)23/h3-6H,1-2H3,(H,18,19)(H,20,21). The van der Waals surface area contributed by atoms with Gasteiger partial charge in [-0.05, 0) is 19.4 Å². The van der Waals surface area contributed by atoms with Crippen LogP contribution in [0.4, 0.5) is 15.3 Å². The Morgan fingerprint density at radius 1 is 1.08 bits per heavy atom. The Morgan fingerprint density at radius 3 is 2.04 bits per heavy atom. The van der Waals surface area contributed by atoms with Gasteiger partial charge in [0.05, 0.1) is 21.9 Å². The summed E-state index contributed by atoms with van der Waals surface area (Å²) in [7, 11) is 0. The number of non-ortho nitro benzene ring substituents is 1. The van der Waals surface area contributed by atoms with E-state index in [-0.39, 0.29) is 39.7 Å². The molecule has 1 aromatic carbocycles. The Kier molecular flexibility index (Phi) is 4.82. The average molecular weight is 348 g/mol. The van der Waals surface area contributed by atoms with Crippen LogP contribution in [0, 0.1) is 24.0 Å². The van der Waals surface area contributed by atoms with Gasteiger partial charge in [-0.25, -0.2) is 9.59 Å². The van der Waals surface area contributed by atoms with Gasteiger partial charge in [0, 0.05) is 12.1 Å². The maximum Gasteiger partial charge on any atom is 0.511 e. The van der Waals surface area contributed by atoms with Crippen molar-refractivity contribution in [1.82, 2.24) is 4.98 Å². The van der Waals surface area contributed by atoms with Crippen LogP contribution in [0.2, 0.25) is 0 Å². The largest absolute Gasteiger partial charge is 0.511 e. The molecule has 0 radical (unpaired) electrons. The van der Waals surface area contributed by atoms with Gasteiger partial charge in [0.15, 0.2) is 11.5 Å². The van der Waals surface area contributed by atoms with Crippen LogP contribution in [0.15, 0.2) is 24.3 Å². The quantitative estimate of drug-likeness (QED) is 0.481. The van der Waals surface area contributed by atoms with Crippen LogP contribution in [0.3, 0.4) is 0 Å². The summed E-state index contributed by atoms with van der Waals surface area (Å²) in [6, 6.07) is 5.19. The number of aryl methyl sites for hydroxylation is 2. The van der Waals surface area contributed by atoms with E-state index in [1.54, 1.807) is 0 Å². The van der Waals surface area contributed by atoms with Crippen molar-refractivity contribution in [3.05, 3.63) is 45.8 Å². The Balaban J connectivity index is 2.83. The minimum atomic E-state index is -1.65. The molecule has 1 aromatic heterocycles. The monoisotopic (exact) mass is 348 g/mol. The molecule has 2 aromatic rings. The number of benzene rings is 1. The molecule has 0 saturated heterocycles. The van der Waals surface area contributed by atoms with E-state index in [1.807, 2.05) is 0 Å². The van der Waals surface area contributed by atoms with Crippen molar-refractivity contribution >= 4 is 18.0 Å². The summed E-state index contributed by atoms with van der Waals surface area (Å²) >= 11 is 0. The molecule has 10 nitrogen and oxygen atoms in total. The second-order valence-corrected chi connectivity index (χ2v) is 4.86. The van der Waals surface area contributed by atoms with Crippen molar-refractivity contribution in [3.8, 4) is 22.6 Å². The fourth-order valence-electron chi connectivity index (χ4n) is 2.28. The van der Waals surface area contributed by atoms with Gasteiger partial charge in [0.2, 0.25) is 0 Å². The van der Waals surface area contributed by atoms with E-state index < -0.39 is 17.2 Å². The number of nitro groups is 1. The molecule has 0 aliphatic carbocycles. The minimum absolute atomic E-state index is 0.0569. The van der Waals surface area contributed by atoms with Gasteiger partial charge < -0.3 is 19.7 Å². The van der Waals surface area contributed by atoms with Crippen LogP contribution in [0.25, 0.3) is 11.1 Å². The summed E-state index contributed by atoms with van der Waals surface area (Å²) in [6.45, 7) is 2.91. The second-order valence-electron chi connectivity index (χ2n) is 4.86. The topological polar surface area (TPSA) is 149 Å². The third-order valence-corrected chi connectivity index (χ3v) is 3.17. The highest BCUT2D eigenvalue weighted by Gasteiger charge is 2.25. The van der Waals surface area contributed by atoms with Crippen LogP contribution in [0.1, 0.15) is 11.4 Å². The number of ether oxygens (including phenoxy) is 2. The van der Waals surface area contributed by atoms with Crippen molar-refractivity contribution in [3.63, 3.8) is 0 Å². The lowest BCUT2D eigenvalue weighted by atomic mass is 10.0. The summed E-state index contributed by atoms with van der Waals surface area (Å²) < 4.78 is 9.44. The molecule has 0 fully saturated rings. The zero-order valence-corrected chi connectivity index (χ0v) is 13.0. The molecule has 130 valence electrons. The zero-order valence-electron chi connectivity index (χ0n) is 13.0. The van der Waals surface area contributed by atoms with Crippen LogP contribution >= 0.6 is 0 Å². The molecule has 0 bridgehead atoms. The third kappa shape index (κ3) is 3.80. The number of aromatic nitrogens is 1. The van der Waals surface area contributed by atoms with E-state index in [0.29, 0.717) is 0 Å². The molecule has 0 spiro atoms. The van der Waals surface area contributed by atoms with Crippen LogP contribution in [-0.4, -0.2) is 32.4 Å². The van der Waals surface area contributed by atoms with Crippen LogP contribution < -0.4 is 9.47 Å². The number of carbonyl (C=O) groups is 2. The van der Waals surface area contributed by atoms with Gasteiger partial charge in [0.25, 0.3) is 5.69 Å². The highest BCUT2D eigenvalue weighted by molar-refractivity contribution is 5.83. The van der Waals surface area contributed by atoms with Gasteiger partial charge in [-0.15, -0.1) is 0 Å². The summed E-state index contributed by atoms with van der Waals surface area (Å²) in [5, 5.41) is 28.9. The molecule has 10 heteroatoms. The van der Waals surface area contributed by atoms with Crippen molar-refractivity contribution in [2.24, 2.45) is 0 Å². The fraction of sp³-hybridized carbons (Fsp3) is 0.133. The highest BCUT2D eigenvalue weighted by atomic mass is 16.7. The van der Waals surface area contributed by atoms with Crippen molar-refractivity contribution < 1.29 is 34.2 Å². The van der Waals surface area contributed by atoms with Gasteiger partial charge >= 0.3 is 12.3 Å². The Morgan fingerprint density at radius 2 is 1.60 bits per heavy atom. The van der Waals surface area contributed by atoms with Gasteiger partial charge in [-0.1, -0.05) is 12.1 Å². The average Bonchev–Trinajstić information content (AvgIpc) is 2.51. The van der Waals surface area contributed by atoms with Crippen LogP contribution in [-0.2, 0) is 0 Å². The van der Waals surface area contributed by atoms with Crippen molar-refractivity contribution in [2.75, 3.05) is 0 Å². The number of pyridine rings is 1. The molecule has 0 aliphatic rings. The first-order chi connectivity index (χ1) is 11.7. The lowest BCUT2D eigenvalue weighted by molar-refractivity contribution is -0.384. The lowest BCUT2D eigenvalue weighted by Gasteiger charge is -2.16. The summed E-state index contributed by atoms with van der Waals surface area (Å²) in [6.07, 6.45) is -3.30. The van der Waals surface area contributed by atoms with E-state index >= 15 is 0 Å². The third-order valence-electron chi connectivity index (χ3n) is 3.17. The van der Waals surface area contributed by atoms with Gasteiger partial charge in [0.1, 0.15) is 0 Å². The number of hydrogen-bond donors (Lipinski definition) is 2. The number of nitrogens with zero attached hydrogens (tertiary/aromatic N) is 2. The summed E-state index contributed by atoms with van der Waals surface area (Å²) in [4.78, 5) is 36.3. The molecule has 0 saturated carbocycles.